The van der Waals surface area contributed by atoms with E-state index in [1.807, 2.05) is 6.20 Å². The lowest BCUT2D eigenvalue weighted by atomic mass is 9.96. The van der Waals surface area contributed by atoms with Gasteiger partial charge in [0.25, 0.3) is 0 Å². The molecule has 0 amide bonds. The van der Waals surface area contributed by atoms with Gasteiger partial charge in [-0.3, -0.25) is 4.98 Å². The van der Waals surface area contributed by atoms with Crippen molar-refractivity contribution in [3.63, 3.8) is 0 Å². The van der Waals surface area contributed by atoms with E-state index in [0.29, 0.717) is 12.0 Å². The minimum atomic E-state index is 0.365. The van der Waals surface area contributed by atoms with Crippen molar-refractivity contribution in [1.29, 1.82) is 0 Å². The average molecular weight is 254 g/mol. The highest BCUT2D eigenvalue weighted by Crippen LogP contribution is 2.21. The van der Waals surface area contributed by atoms with Crippen LogP contribution in [0.2, 0.25) is 0 Å². The van der Waals surface area contributed by atoms with Crippen LogP contribution in [0, 0.1) is 12.8 Å². The van der Waals surface area contributed by atoms with Crippen LogP contribution < -0.4 is 5.32 Å². The Balaban J connectivity index is 2.04. The Morgan fingerprint density at radius 3 is 2.37 bits per heavy atom. The van der Waals surface area contributed by atoms with E-state index in [-0.39, 0.29) is 0 Å². The Hall–Kier alpha value is -1.67. The molecule has 1 atom stereocenters. The van der Waals surface area contributed by atoms with Crippen molar-refractivity contribution < 1.29 is 0 Å². The summed E-state index contributed by atoms with van der Waals surface area (Å²) in [5.74, 6) is 0.549. The van der Waals surface area contributed by atoms with Gasteiger partial charge in [-0.15, -0.1) is 0 Å². The number of nitrogens with zero attached hydrogens (tertiary/aromatic N) is 1. The van der Waals surface area contributed by atoms with Gasteiger partial charge in [0.05, 0.1) is 5.69 Å². The van der Waals surface area contributed by atoms with Gasteiger partial charge in [0.1, 0.15) is 0 Å². The second-order valence-electron chi connectivity index (χ2n) is 5.34. The summed E-state index contributed by atoms with van der Waals surface area (Å²) in [7, 11) is 0. The largest absolute Gasteiger partial charge is 0.304 e. The monoisotopic (exact) mass is 254 g/mol. The summed E-state index contributed by atoms with van der Waals surface area (Å²) in [6, 6.07) is 15.2. The van der Waals surface area contributed by atoms with Crippen LogP contribution in [-0.4, -0.2) is 4.98 Å². The van der Waals surface area contributed by atoms with Crippen molar-refractivity contribution in [2.45, 2.75) is 33.4 Å². The van der Waals surface area contributed by atoms with Gasteiger partial charge in [0.15, 0.2) is 0 Å². The maximum Gasteiger partial charge on any atom is 0.0542 e. The van der Waals surface area contributed by atoms with Crippen molar-refractivity contribution in [3.8, 4) is 0 Å². The van der Waals surface area contributed by atoms with Gasteiger partial charge in [-0.25, -0.2) is 0 Å². The van der Waals surface area contributed by atoms with Gasteiger partial charge in [-0.2, -0.15) is 0 Å². The summed E-state index contributed by atoms with van der Waals surface area (Å²) >= 11 is 0. The van der Waals surface area contributed by atoms with Crippen molar-refractivity contribution >= 4 is 0 Å². The number of benzene rings is 1. The molecule has 0 aliphatic rings. The fraction of sp³-hybridized carbons (Fsp3) is 0.353. The Labute approximate surface area is 115 Å². The standard InChI is InChI=1S/C17H22N2/c1-13(2)17(15-7-5-4-6-8-15)19-12-16-10-9-14(3)11-18-16/h4-11,13,17,19H,12H2,1-3H3. The number of nitrogens with one attached hydrogen (secondary N) is 1. The molecule has 19 heavy (non-hydrogen) atoms. The Morgan fingerprint density at radius 1 is 1.05 bits per heavy atom. The maximum atomic E-state index is 4.44. The number of pyridine rings is 1. The highest BCUT2D eigenvalue weighted by atomic mass is 14.9. The maximum absolute atomic E-state index is 4.44. The summed E-state index contributed by atoms with van der Waals surface area (Å²) in [6.07, 6.45) is 1.92. The molecule has 0 aliphatic heterocycles. The van der Waals surface area contributed by atoms with Crippen LogP contribution in [-0.2, 0) is 6.54 Å². The van der Waals surface area contributed by atoms with E-state index in [4.69, 9.17) is 0 Å². The lowest BCUT2D eigenvalue weighted by Crippen LogP contribution is -2.25. The number of rotatable bonds is 5. The average Bonchev–Trinajstić information content (AvgIpc) is 2.42. The van der Waals surface area contributed by atoms with Crippen LogP contribution in [0.15, 0.2) is 48.7 Å². The molecule has 1 heterocycles. The van der Waals surface area contributed by atoms with Crippen molar-refractivity contribution in [1.82, 2.24) is 10.3 Å². The van der Waals surface area contributed by atoms with Gasteiger partial charge in [-0.05, 0) is 30.0 Å². The zero-order valence-electron chi connectivity index (χ0n) is 11.9. The van der Waals surface area contributed by atoms with E-state index in [1.54, 1.807) is 0 Å². The van der Waals surface area contributed by atoms with Crippen LogP contribution >= 0.6 is 0 Å². The third-order valence-corrected chi connectivity index (χ3v) is 3.30. The molecule has 100 valence electrons. The van der Waals surface area contributed by atoms with Crippen LogP contribution in [0.3, 0.4) is 0 Å². The molecule has 1 aromatic carbocycles. The number of hydrogen-bond acceptors (Lipinski definition) is 2. The molecule has 0 spiro atoms. The Bertz CT molecular complexity index is 488. The zero-order chi connectivity index (χ0) is 13.7. The molecular formula is C17H22N2. The highest BCUT2D eigenvalue weighted by Gasteiger charge is 2.14. The fourth-order valence-corrected chi connectivity index (χ4v) is 2.22. The molecular weight excluding hydrogens is 232 g/mol. The fourth-order valence-electron chi connectivity index (χ4n) is 2.22. The molecule has 0 radical (unpaired) electrons. The third kappa shape index (κ3) is 3.90. The Kier molecular flexibility index (Phi) is 4.69. The summed E-state index contributed by atoms with van der Waals surface area (Å²) < 4.78 is 0. The number of aromatic nitrogens is 1. The molecule has 1 N–H and O–H groups in total. The molecule has 0 bridgehead atoms. The minimum Gasteiger partial charge on any atom is -0.304 e. The molecule has 2 rings (SSSR count). The smallest absolute Gasteiger partial charge is 0.0542 e. The highest BCUT2D eigenvalue weighted by molar-refractivity contribution is 5.20. The lowest BCUT2D eigenvalue weighted by Gasteiger charge is -2.22. The quantitative estimate of drug-likeness (QED) is 0.876. The summed E-state index contributed by atoms with van der Waals surface area (Å²) in [6.45, 7) is 7.35. The van der Waals surface area contributed by atoms with Crippen LogP contribution in [0.25, 0.3) is 0 Å². The molecule has 0 fully saturated rings. The second-order valence-corrected chi connectivity index (χ2v) is 5.34. The van der Waals surface area contributed by atoms with Crippen LogP contribution in [0.5, 0.6) is 0 Å². The normalized spacial score (nSPS) is 12.6. The third-order valence-electron chi connectivity index (χ3n) is 3.30. The van der Waals surface area contributed by atoms with E-state index in [0.717, 1.165) is 12.2 Å². The summed E-state index contributed by atoms with van der Waals surface area (Å²) in [4.78, 5) is 4.44. The summed E-state index contributed by atoms with van der Waals surface area (Å²) in [5, 5.41) is 3.61. The van der Waals surface area contributed by atoms with Crippen LogP contribution in [0.1, 0.15) is 36.7 Å². The van der Waals surface area contributed by atoms with E-state index >= 15 is 0 Å². The van der Waals surface area contributed by atoms with Gasteiger partial charge < -0.3 is 5.32 Å². The first-order valence-corrected chi connectivity index (χ1v) is 6.86. The number of hydrogen-bond donors (Lipinski definition) is 1. The molecule has 1 unspecified atom stereocenters. The molecule has 2 aromatic rings. The Morgan fingerprint density at radius 2 is 1.79 bits per heavy atom. The van der Waals surface area contributed by atoms with E-state index in [9.17, 15) is 0 Å². The molecule has 0 aliphatic carbocycles. The molecule has 0 saturated heterocycles. The lowest BCUT2D eigenvalue weighted by molar-refractivity contribution is 0.408. The summed E-state index contributed by atoms with van der Waals surface area (Å²) in [5.41, 5.74) is 3.63. The second kappa shape index (κ2) is 6.48. The SMILES string of the molecule is Cc1ccc(CNC(c2ccccc2)C(C)C)nc1. The molecule has 2 heteroatoms. The van der Waals surface area contributed by atoms with E-state index < -0.39 is 0 Å². The van der Waals surface area contributed by atoms with Crippen molar-refractivity contribution in [2.75, 3.05) is 0 Å². The van der Waals surface area contributed by atoms with Crippen molar-refractivity contribution in [2.24, 2.45) is 5.92 Å². The predicted octanol–water partition coefficient (Wildman–Crippen LogP) is 3.88. The first kappa shape index (κ1) is 13.8. The molecule has 1 aromatic heterocycles. The van der Waals surface area contributed by atoms with Crippen LogP contribution in [0.4, 0.5) is 0 Å². The first-order chi connectivity index (χ1) is 9.16. The van der Waals surface area contributed by atoms with Gasteiger partial charge in [0, 0.05) is 18.8 Å². The van der Waals surface area contributed by atoms with Crippen molar-refractivity contribution in [3.05, 3.63) is 65.5 Å². The minimum absolute atomic E-state index is 0.365. The van der Waals surface area contributed by atoms with Gasteiger partial charge in [-0.1, -0.05) is 50.2 Å². The predicted molar refractivity (Wildman–Crippen MR) is 79.8 cm³/mol. The van der Waals surface area contributed by atoms with Gasteiger partial charge in [0.2, 0.25) is 0 Å². The number of aryl methyl sites for hydroxylation is 1. The van der Waals surface area contributed by atoms with E-state index in [2.05, 4.69) is 73.5 Å². The van der Waals surface area contributed by atoms with E-state index in [1.165, 1.54) is 11.1 Å². The molecule has 0 saturated carbocycles. The molecule has 2 nitrogen and oxygen atoms in total. The zero-order valence-corrected chi connectivity index (χ0v) is 11.9. The first-order valence-electron chi connectivity index (χ1n) is 6.86. The van der Waals surface area contributed by atoms with Gasteiger partial charge >= 0.3 is 0 Å². The topological polar surface area (TPSA) is 24.9 Å².